The molecule has 2 heterocycles. The fraction of sp³-hybridized carbons (Fsp3) is 0.333. The Balaban J connectivity index is 0.00000225. The number of benzene rings is 1. The van der Waals surface area contributed by atoms with Gasteiger partial charge in [-0.05, 0) is 31.9 Å². The fourth-order valence-corrected chi connectivity index (χ4v) is 3.28. The van der Waals surface area contributed by atoms with Gasteiger partial charge in [0, 0.05) is 24.3 Å². The van der Waals surface area contributed by atoms with Gasteiger partial charge in [-0.15, -0.1) is 35.3 Å². The maximum atomic E-state index is 4.69. The SMILES string of the molecule is CCNC(=NCc1ccc(C)cc1C)NCc1cn2ccsc2n1.I. The number of imidazole rings is 1. The van der Waals surface area contributed by atoms with E-state index in [4.69, 9.17) is 4.99 Å². The molecule has 7 heteroatoms. The number of aryl methyl sites for hydroxylation is 2. The highest BCUT2D eigenvalue weighted by Crippen LogP contribution is 2.12. The first kappa shape index (κ1) is 19.7. The molecule has 0 amide bonds. The van der Waals surface area contributed by atoms with Gasteiger partial charge in [-0.1, -0.05) is 23.8 Å². The van der Waals surface area contributed by atoms with Crippen molar-refractivity contribution in [2.75, 3.05) is 6.54 Å². The van der Waals surface area contributed by atoms with Crippen LogP contribution >= 0.6 is 35.3 Å². The normalized spacial score (nSPS) is 11.4. The van der Waals surface area contributed by atoms with Gasteiger partial charge >= 0.3 is 0 Å². The van der Waals surface area contributed by atoms with E-state index in [9.17, 15) is 0 Å². The van der Waals surface area contributed by atoms with E-state index in [1.165, 1.54) is 16.7 Å². The molecule has 25 heavy (non-hydrogen) atoms. The number of nitrogens with one attached hydrogen (secondary N) is 2. The zero-order valence-electron chi connectivity index (χ0n) is 14.7. The molecule has 0 radical (unpaired) electrons. The average Bonchev–Trinajstić information content (AvgIpc) is 3.12. The van der Waals surface area contributed by atoms with Crippen LogP contribution in [-0.4, -0.2) is 21.9 Å². The molecule has 0 aliphatic carbocycles. The molecule has 5 nitrogen and oxygen atoms in total. The molecule has 134 valence electrons. The van der Waals surface area contributed by atoms with Gasteiger partial charge in [0.15, 0.2) is 10.9 Å². The van der Waals surface area contributed by atoms with Crippen LogP contribution in [0.3, 0.4) is 0 Å². The van der Waals surface area contributed by atoms with Gasteiger partial charge in [0.1, 0.15) is 0 Å². The summed E-state index contributed by atoms with van der Waals surface area (Å²) >= 11 is 1.64. The van der Waals surface area contributed by atoms with Crippen molar-refractivity contribution in [1.29, 1.82) is 0 Å². The highest BCUT2D eigenvalue weighted by molar-refractivity contribution is 14.0. The summed E-state index contributed by atoms with van der Waals surface area (Å²) in [6, 6.07) is 6.49. The van der Waals surface area contributed by atoms with Gasteiger partial charge in [0.2, 0.25) is 0 Å². The van der Waals surface area contributed by atoms with Crippen LogP contribution in [0.1, 0.15) is 29.3 Å². The summed E-state index contributed by atoms with van der Waals surface area (Å²) < 4.78 is 2.04. The Bertz CT molecular complexity index is 824. The largest absolute Gasteiger partial charge is 0.357 e. The van der Waals surface area contributed by atoms with E-state index in [0.717, 1.165) is 23.2 Å². The predicted molar refractivity (Wildman–Crippen MR) is 116 cm³/mol. The summed E-state index contributed by atoms with van der Waals surface area (Å²) in [6.07, 6.45) is 4.07. The highest BCUT2D eigenvalue weighted by Gasteiger charge is 2.04. The molecule has 1 aromatic carbocycles. The van der Waals surface area contributed by atoms with E-state index in [-0.39, 0.29) is 24.0 Å². The van der Waals surface area contributed by atoms with E-state index in [2.05, 4.69) is 54.6 Å². The molecule has 2 aromatic heterocycles. The van der Waals surface area contributed by atoms with Crippen LogP contribution in [0.5, 0.6) is 0 Å². The third kappa shape index (κ3) is 5.18. The molecule has 0 aliphatic rings. The van der Waals surface area contributed by atoms with Crippen LogP contribution in [0, 0.1) is 13.8 Å². The quantitative estimate of drug-likeness (QED) is 0.339. The number of nitrogens with zero attached hydrogens (tertiary/aromatic N) is 3. The van der Waals surface area contributed by atoms with E-state index >= 15 is 0 Å². The first-order valence-electron chi connectivity index (χ1n) is 8.15. The van der Waals surface area contributed by atoms with Crippen molar-refractivity contribution in [3.63, 3.8) is 0 Å². The minimum atomic E-state index is 0. The summed E-state index contributed by atoms with van der Waals surface area (Å²) in [4.78, 5) is 10.3. The second-order valence-corrected chi connectivity index (χ2v) is 6.68. The second-order valence-electron chi connectivity index (χ2n) is 5.80. The first-order valence-corrected chi connectivity index (χ1v) is 9.03. The van der Waals surface area contributed by atoms with Gasteiger partial charge in [-0.3, -0.25) is 4.40 Å². The monoisotopic (exact) mass is 469 g/mol. The summed E-state index contributed by atoms with van der Waals surface area (Å²) in [5, 5.41) is 8.68. The highest BCUT2D eigenvalue weighted by atomic mass is 127. The summed E-state index contributed by atoms with van der Waals surface area (Å²) in [5.41, 5.74) is 4.83. The molecule has 3 rings (SSSR count). The first-order chi connectivity index (χ1) is 11.7. The predicted octanol–water partition coefficient (Wildman–Crippen LogP) is 3.89. The smallest absolute Gasteiger partial charge is 0.193 e. The molecule has 0 unspecified atom stereocenters. The summed E-state index contributed by atoms with van der Waals surface area (Å²) in [6.45, 7) is 8.47. The number of aliphatic imine (C=N–C) groups is 1. The van der Waals surface area contributed by atoms with Crippen molar-refractivity contribution in [2.24, 2.45) is 4.99 Å². The average molecular weight is 469 g/mol. The minimum absolute atomic E-state index is 0. The van der Waals surface area contributed by atoms with Gasteiger partial charge in [-0.2, -0.15) is 0 Å². The number of fused-ring (bicyclic) bond motifs is 1. The lowest BCUT2D eigenvalue weighted by atomic mass is 10.1. The lowest BCUT2D eigenvalue weighted by Gasteiger charge is -2.11. The maximum Gasteiger partial charge on any atom is 0.193 e. The number of hydrogen-bond acceptors (Lipinski definition) is 3. The maximum absolute atomic E-state index is 4.69. The number of rotatable bonds is 5. The van der Waals surface area contributed by atoms with Gasteiger partial charge in [-0.25, -0.2) is 9.98 Å². The molecule has 0 bridgehead atoms. The van der Waals surface area contributed by atoms with Gasteiger partial charge < -0.3 is 10.6 Å². The number of aromatic nitrogens is 2. The number of thiazole rings is 1. The number of hydrogen-bond donors (Lipinski definition) is 2. The Morgan fingerprint density at radius 1 is 1.28 bits per heavy atom. The lowest BCUT2D eigenvalue weighted by Crippen LogP contribution is -2.36. The van der Waals surface area contributed by atoms with Gasteiger partial charge in [0.05, 0.1) is 18.8 Å². The molecule has 0 spiro atoms. The third-order valence-electron chi connectivity index (χ3n) is 3.83. The molecule has 0 saturated heterocycles. The summed E-state index contributed by atoms with van der Waals surface area (Å²) in [5.74, 6) is 0.814. The third-order valence-corrected chi connectivity index (χ3v) is 4.60. The molecule has 2 N–H and O–H groups in total. The molecule has 0 saturated carbocycles. The van der Waals surface area contributed by atoms with Gasteiger partial charge in [0.25, 0.3) is 0 Å². The lowest BCUT2D eigenvalue weighted by molar-refractivity contribution is 0.803. The van der Waals surface area contributed by atoms with Crippen molar-refractivity contribution in [2.45, 2.75) is 33.9 Å². The van der Waals surface area contributed by atoms with E-state index < -0.39 is 0 Å². The van der Waals surface area contributed by atoms with E-state index in [0.29, 0.717) is 13.1 Å². The molecule has 3 aromatic rings. The topological polar surface area (TPSA) is 53.7 Å². The Labute approximate surface area is 169 Å². The van der Waals surface area contributed by atoms with E-state index in [1.807, 2.05) is 22.2 Å². The fourth-order valence-electron chi connectivity index (χ4n) is 2.56. The number of halogens is 1. The molecule has 0 atom stereocenters. The minimum Gasteiger partial charge on any atom is -0.357 e. The van der Waals surface area contributed by atoms with Crippen LogP contribution in [-0.2, 0) is 13.1 Å². The van der Waals surface area contributed by atoms with Crippen molar-refractivity contribution >= 4 is 46.2 Å². The van der Waals surface area contributed by atoms with Crippen LogP contribution in [0.4, 0.5) is 0 Å². The van der Waals surface area contributed by atoms with Crippen molar-refractivity contribution in [3.8, 4) is 0 Å². The molecular formula is C18H24IN5S. The van der Waals surface area contributed by atoms with Crippen molar-refractivity contribution in [1.82, 2.24) is 20.0 Å². The van der Waals surface area contributed by atoms with E-state index in [1.54, 1.807) is 11.3 Å². The Kier molecular flexibility index (Phi) is 7.24. The molecule has 0 fully saturated rings. The van der Waals surface area contributed by atoms with Crippen LogP contribution in [0.2, 0.25) is 0 Å². The standard InChI is InChI=1S/C18H23N5S.HI/c1-4-19-17(20-10-15-6-5-13(2)9-14(15)3)21-11-16-12-23-7-8-24-18(23)22-16;/h5-9,12H,4,10-11H2,1-3H3,(H2,19,20,21);1H. The van der Waals surface area contributed by atoms with Crippen molar-refractivity contribution < 1.29 is 0 Å². The van der Waals surface area contributed by atoms with Crippen LogP contribution in [0.25, 0.3) is 4.96 Å². The molecule has 0 aliphatic heterocycles. The van der Waals surface area contributed by atoms with Crippen LogP contribution < -0.4 is 10.6 Å². The second kappa shape index (κ2) is 9.19. The number of guanidine groups is 1. The molecular weight excluding hydrogens is 445 g/mol. The Hall–Kier alpha value is -1.61. The van der Waals surface area contributed by atoms with Crippen molar-refractivity contribution in [3.05, 3.63) is 58.4 Å². The van der Waals surface area contributed by atoms with Crippen LogP contribution in [0.15, 0.2) is 41.0 Å². The Morgan fingerprint density at radius 3 is 2.84 bits per heavy atom. The summed E-state index contributed by atoms with van der Waals surface area (Å²) in [7, 11) is 0. The zero-order valence-corrected chi connectivity index (χ0v) is 17.9. The zero-order chi connectivity index (χ0) is 16.9. The Morgan fingerprint density at radius 2 is 2.12 bits per heavy atom.